The van der Waals surface area contributed by atoms with Crippen molar-refractivity contribution in [2.24, 2.45) is 0 Å². The molecule has 3 heterocycles. The van der Waals surface area contributed by atoms with Gasteiger partial charge in [-0.1, -0.05) is 31.9 Å². The average molecular weight is 392 g/mol. The van der Waals surface area contributed by atoms with E-state index in [1.165, 1.54) is 36.6 Å². The van der Waals surface area contributed by atoms with E-state index >= 15 is 0 Å². The second-order valence-electron chi connectivity index (χ2n) is 8.25. The van der Waals surface area contributed by atoms with Gasteiger partial charge in [0, 0.05) is 37.8 Å². The van der Waals surface area contributed by atoms with Gasteiger partial charge in [-0.15, -0.1) is 5.10 Å². The first kappa shape index (κ1) is 18.6. The van der Waals surface area contributed by atoms with E-state index in [1.54, 1.807) is 0 Å². The Balaban J connectivity index is 1.55. The highest BCUT2D eigenvalue weighted by atomic mass is 15.6. The van der Waals surface area contributed by atoms with Gasteiger partial charge in [-0.05, 0) is 53.6 Å². The molecule has 29 heavy (non-hydrogen) atoms. The van der Waals surface area contributed by atoms with Crippen molar-refractivity contribution in [2.45, 2.75) is 44.7 Å². The van der Waals surface area contributed by atoms with Crippen molar-refractivity contribution < 1.29 is 0 Å². The zero-order valence-corrected chi connectivity index (χ0v) is 17.1. The Bertz CT molecular complexity index is 954. The Morgan fingerprint density at radius 2 is 1.90 bits per heavy atom. The lowest BCUT2D eigenvalue weighted by atomic mass is 10.0. The smallest absolute Gasteiger partial charge is 0.173 e. The summed E-state index contributed by atoms with van der Waals surface area (Å²) in [6.45, 7) is 7.59. The molecule has 1 saturated heterocycles. The van der Waals surface area contributed by atoms with E-state index in [9.17, 15) is 0 Å². The molecule has 2 aromatic heterocycles. The fourth-order valence-electron chi connectivity index (χ4n) is 4.91. The Kier molecular flexibility index (Phi) is 5.24. The summed E-state index contributed by atoms with van der Waals surface area (Å²) in [6.07, 6.45) is 6.74. The molecule has 2 fully saturated rings. The Morgan fingerprint density at radius 3 is 2.69 bits per heavy atom. The number of fused-ring (bicyclic) bond motifs is 1. The first-order chi connectivity index (χ1) is 14.3. The number of benzene rings is 1. The van der Waals surface area contributed by atoms with Gasteiger partial charge < -0.3 is 4.90 Å². The standard InChI is InChI=1S/C22H29N7/c1-2-27-12-14-28(15-13-27)21(18-9-10-20-17(16-18)6-5-11-23-20)22-24-25-26-29(22)19-7-3-4-8-19/h5-6,9-11,16,19,21H,2-4,7-8,12-15H2,1H3/t21-/m1/s1. The molecule has 3 aromatic rings. The van der Waals surface area contributed by atoms with Crippen LogP contribution in [0.1, 0.15) is 56.1 Å². The maximum absolute atomic E-state index is 4.56. The maximum atomic E-state index is 4.56. The van der Waals surface area contributed by atoms with Gasteiger partial charge in [-0.25, -0.2) is 4.68 Å². The first-order valence-electron chi connectivity index (χ1n) is 10.9. The fraction of sp³-hybridized carbons (Fsp3) is 0.545. The molecule has 0 unspecified atom stereocenters. The third-order valence-corrected chi connectivity index (χ3v) is 6.60. The zero-order chi connectivity index (χ0) is 19.6. The summed E-state index contributed by atoms with van der Waals surface area (Å²) in [5.41, 5.74) is 2.28. The summed E-state index contributed by atoms with van der Waals surface area (Å²) < 4.78 is 2.12. The SMILES string of the molecule is CCN1CCN([C@H](c2ccc3ncccc3c2)c2nnnn2C2CCCC2)CC1. The van der Waals surface area contributed by atoms with E-state index in [4.69, 9.17) is 0 Å². The molecule has 2 aliphatic rings. The van der Waals surface area contributed by atoms with Crippen LogP contribution in [-0.4, -0.2) is 67.7 Å². The summed E-state index contributed by atoms with van der Waals surface area (Å²) in [7, 11) is 0. The summed E-state index contributed by atoms with van der Waals surface area (Å²) in [6, 6.07) is 11.3. The number of hydrogen-bond acceptors (Lipinski definition) is 6. The van der Waals surface area contributed by atoms with Gasteiger partial charge in [0.15, 0.2) is 5.82 Å². The molecule has 1 aliphatic heterocycles. The molecule has 0 spiro atoms. The fourth-order valence-corrected chi connectivity index (χ4v) is 4.91. The van der Waals surface area contributed by atoms with Crippen LogP contribution < -0.4 is 0 Å². The lowest BCUT2D eigenvalue weighted by Gasteiger charge is -2.38. The van der Waals surface area contributed by atoms with Crippen LogP contribution >= 0.6 is 0 Å². The highest BCUT2D eigenvalue weighted by molar-refractivity contribution is 5.79. The monoisotopic (exact) mass is 391 g/mol. The van der Waals surface area contributed by atoms with Gasteiger partial charge in [0.2, 0.25) is 0 Å². The van der Waals surface area contributed by atoms with Crippen molar-refractivity contribution in [1.82, 2.24) is 35.0 Å². The molecule has 1 saturated carbocycles. The Morgan fingerprint density at radius 1 is 1.07 bits per heavy atom. The minimum absolute atomic E-state index is 0.0780. The third-order valence-electron chi connectivity index (χ3n) is 6.60. The number of rotatable bonds is 5. The normalized spacial score (nSPS) is 20.4. The van der Waals surface area contributed by atoms with E-state index in [1.807, 2.05) is 12.3 Å². The van der Waals surface area contributed by atoms with E-state index in [2.05, 4.69) is 66.2 Å². The van der Waals surface area contributed by atoms with Crippen LogP contribution in [0.4, 0.5) is 0 Å². The van der Waals surface area contributed by atoms with Crippen molar-refractivity contribution in [3.05, 3.63) is 47.9 Å². The molecule has 0 bridgehead atoms. The lowest BCUT2D eigenvalue weighted by molar-refractivity contribution is 0.107. The molecule has 5 rings (SSSR count). The summed E-state index contributed by atoms with van der Waals surface area (Å²) in [5.74, 6) is 0.991. The van der Waals surface area contributed by atoms with Gasteiger partial charge in [-0.2, -0.15) is 0 Å². The predicted octanol–water partition coefficient (Wildman–Crippen LogP) is 3.06. The Hall–Kier alpha value is -2.38. The van der Waals surface area contributed by atoms with Crippen LogP contribution in [0.3, 0.4) is 0 Å². The van der Waals surface area contributed by atoms with Crippen LogP contribution in [0.25, 0.3) is 10.9 Å². The van der Waals surface area contributed by atoms with E-state index in [-0.39, 0.29) is 6.04 Å². The van der Waals surface area contributed by atoms with E-state index in [0.29, 0.717) is 6.04 Å². The van der Waals surface area contributed by atoms with E-state index < -0.39 is 0 Å². The van der Waals surface area contributed by atoms with Crippen LogP contribution in [0, 0.1) is 0 Å². The highest BCUT2D eigenvalue weighted by Crippen LogP contribution is 2.35. The molecule has 7 nitrogen and oxygen atoms in total. The van der Waals surface area contributed by atoms with Crippen LogP contribution in [0.5, 0.6) is 0 Å². The van der Waals surface area contributed by atoms with Crippen LogP contribution in [0.15, 0.2) is 36.5 Å². The minimum atomic E-state index is 0.0780. The molecule has 0 amide bonds. The maximum Gasteiger partial charge on any atom is 0.173 e. The molecular formula is C22H29N7. The van der Waals surface area contributed by atoms with Crippen molar-refractivity contribution >= 4 is 10.9 Å². The summed E-state index contributed by atoms with van der Waals surface area (Å²) in [5, 5.41) is 14.3. The van der Waals surface area contributed by atoms with Crippen molar-refractivity contribution in [3.8, 4) is 0 Å². The summed E-state index contributed by atoms with van der Waals surface area (Å²) in [4.78, 5) is 9.56. The topological polar surface area (TPSA) is 63.0 Å². The number of pyridine rings is 1. The number of tetrazole rings is 1. The largest absolute Gasteiger partial charge is 0.301 e. The molecule has 7 heteroatoms. The molecule has 152 valence electrons. The minimum Gasteiger partial charge on any atom is -0.301 e. The quantitative estimate of drug-likeness (QED) is 0.666. The lowest BCUT2D eigenvalue weighted by Crippen LogP contribution is -2.48. The van der Waals surface area contributed by atoms with E-state index in [0.717, 1.165) is 44.1 Å². The van der Waals surface area contributed by atoms with Crippen LogP contribution in [0.2, 0.25) is 0 Å². The second kappa shape index (κ2) is 8.16. The number of hydrogen-bond donors (Lipinski definition) is 0. The zero-order valence-electron chi connectivity index (χ0n) is 17.1. The summed E-state index contributed by atoms with van der Waals surface area (Å²) >= 11 is 0. The second-order valence-corrected chi connectivity index (χ2v) is 8.25. The van der Waals surface area contributed by atoms with Gasteiger partial charge >= 0.3 is 0 Å². The molecular weight excluding hydrogens is 362 g/mol. The molecule has 0 radical (unpaired) electrons. The highest BCUT2D eigenvalue weighted by Gasteiger charge is 2.32. The first-order valence-corrected chi connectivity index (χ1v) is 10.9. The average Bonchev–Trinajstić information content (AvgIpc) is 3.46. The number of likely N-dealkylation sites (N-methyl/N-ethyl adjacent to an activating group) is 1. The van der Waals surface area contributed by atoms with Gasteiger partial charge in [-0.3, -0.25) is 9.88 Å². The van der Waals surface area contributed by atoms with Gasteiger partial charge in [0.25, 0.3) is 0 Å². The Labute approximate surface area is 171 Å². The van der Waals surface area contributed by atoms with Crippen molar-refractivity contribution in [3.63, 3.8) is 0 Å². The molecule has 1 aliphatic carbocycles. The number of nitrogens with zero attached hydrogens (tertiary/aromatic N) is 7. The van der Waals surface area contributed by atoms with Crippen molar-refractivity contribution in [2.75, 3.05) is 32.7 Å². The number of piperazine rings is 1. The number of aromatic nitrogens is 5. The van der Waals surface area contributed by atoms with Crippen molar-refractivity contribution in [1.29, 1.82) is 0 Å². The van der Waals surface area contributed by atoms with Crippen LogP contribution in [-0.2, 0) is 0 Å². The predicted molar refractivity (Wildman–Crippen MR) is 113 cm³/mol. The van der Waals surface area contributed by atoms with Gasteiger partial charge in [0.05, 0.1) is 17.6 Å². The third kappa shape index (κ3) is 3.65. The molecule has 1 aromatic carbocycles. The van der Waals surface area contributed by atoms with Gasteiger partial charge in [0.1, 0.15) is 0 Å². The molecule has 0 N–H and O–H groups in total. The molecule has 1 atom stereocenters.